The van der Waals surface area contributed by atoms with Crippen molar-refractivity contribution in [1.82, 2.24) is 0 Å². The maximum absolute atomic E-state index is 8.40. The van der Waals surface area contributed by atoms with Crippen molar-refractivity contribution in [3.05, 3.63) is 0 Å². The average molecular weight is 735 g/mol. The monoisotopic (exact) mass is 728 g/mol. The van der Waals surface area contributed by atoms with Crippen LogP contribution >= 0.6 is 0 Å². The summed E-state index contributed by atoms with van der Waals surface area (Å²) in [5.41, 5.74) is 0. The fourth-order valence-electron chi connectivity index (χ4n) is 0. The van der Waals surface area contributed by atoms with Gasteiger partial charge >= 0.3 is 30.7 Å². The Morgan fingerprint density at radius 1 is 1.25 bits per heavy atom. The van der Waals surface area contributed by atoms with Gasteiger partial charge in [-0.2, -0.15) is 0 Å². The quantitative estimate of drug-likeness (QED) is 0.340. The van der Waals surface area contributed by atoms with Gasteiger partial charge in [0.2, 0.25) is 0 Å². The van der Waals surface area contributed by atoms with Crippen LogP contribution in [0.4, 0.5) is 0 Å². The summed E-state index contributed by atoms with van der Waals surface area (Å²) in [6.07, 6.45) is 0. The molecule has 0 aromatic rings. The van der Waals surface area contributed by atoms with Gasteiger partial charge in [-0.05, 0) is 0 Å². The first-order valence-electron chi connectivity index (χ1n) is 0.183. The third-order valence-corrected chi connectivity index (χ3v) is 0. The van der Waals surface area contributed by atoms with Gasteiger partial charge in [0.05, 0.1) is 0 Å². The fraction of sp³-hybridized carbons (Fsp3) is 0. The molecular weight excluding hydrogens is 735 g/mol. The molecule has 0 saturated carbocycles. The summed E-state index contributed by atoms with van der Waals surface area (Å²) in [6, 6.07) is 0. The predicted octanol–water partition coefficient (Wildman–Crippen LogP) is -0.119. The van der Waals surface area contributed by atoms with Crippen molar-refractivity contribution in [1.29, 1.82) is 0 Å². The predicted molar refractivity (Wildman–Crippen MR) is 0.686 cm³/mol. The normalized spacial score (nSPS) is 1.50. The molecule has 0 rings (SSSR count). The summed E-state index contributed by atoms with van der Waals surface area (Å²) in [7, 11) is 0. The van der Waals surface area contributed by atoms with Gasteiger partial charge in [0.25, 0.3) is 0 Å². The Hall–Kier alpha value is 2.85. The van der Waals surface area contributed by atoms with Crippen LogP contribution in [0.5, 0.6) is 0 Å². The maximum Gasteiger partial charge on any atom is 0 e. The zero-order chi connectivity index (χ0) is 2.00. The van der Waals surface area contributed by atoms with E-state index in [4.69, 9.17) is 2.37 Å². The first-order chi connectivity index (χ1) is 1.00. The van der Waals surface area contributed by atoms with Gasteiger partial charge in [0.1, 0.15) is 0 Å². The molecule has 0 bridgehead atoms. The number of hydrogen-bond donors (Lipinski definition) is 0. The molecule has 0 radical (unpaired) electrons. The molecule has 21 valence electrons. The van der Waals surface area contributed by atoms with Crippen molar-refractivity contribution in [3.8, 4) is 0 Å². The second kappa shape index (κ2) is 16.9. The van der Waals surface area contributed by atoms with E-state index >= 15 is 0 Å². The summed E-state index contributed by atoms with van der Waals surface area (Å²) in [5, 5.41) is 0. The minimum absolute atomic E-state index is 0. The Kier molecular flexibility index (Phi) is 67.0. The van der Waals surface area contributed by atoms with Crippen LogP contribution in [-0.4, -0.2) is 0 Å². The molecule has 4 heavy (non-hydrogen) atoms. The van der Waals surface area contributed by atoms with E-state index in [1.165, 1.54) is 0 Å². The molecule has 0 atom stereocenters. The van der Waals surface area contributed by atoms with E-state index in [0.717, 1.165) is 0 Å². The Balaban J connectivity index is -0.00000000500. The molecule has 4 heteroatoms. The number of rotatable bonds is 0. The van der Waals surface area contributed by atoms with Crippen molar-refractivity contribution in [2.24, 2.45) is 0 Å². The van der Waals surface area contributed by atoms with Crippen LogP contribution in [-0.2, 0) is 2.37 Å². The molecule has 0 aromatic heterocycles. The Bertz CT molecular complexity index is 8.00. The molecule has 0 aliphatic carbocycles. The Morgan fingerprint density at radius 2 is 1.25 bits per heavy atom. The van der Waals surface area contributed by atoms with Gasteiger partial charge in [0, 0.05) is 60.3 Å². The van der Waals surface area contributed by atoms with E-state index in [-0.39, 0.29) is 88.6 Å². The second-order valence-corrected chi connectivity index (χ2v) is 0. The van der Waals surface area contributed by atoms with E-state index in [0.29, 0.717) is 0 Å². The molecule has 0 fully saturated rings. The van der Waals surface area contributed by atoms with E-state index in [1.807, 2.05) is 0 Å². The molecule has 0 unspecified atom stereocenters. The van der Waals surface area contributed by atoms with Crippen molar-refractivity contribution < 1.29 is 91.0 Å². The molecule has 1 nitrogen and oxygen atoms in total. The molecule has 0 saturated heterocycles. The molecule has 0 N–H and O–H groups in total. The van der Waals surface area contributed by atoms with E-state index < -0.39 is 0 Å². The molecule has 0 amide bonds. The zero-order valence-corrected chi connectivity index (χ0v) is 13.1. The smallest absolute Gasteiger partial charge is 0 e. The van der Waals surface area contributed by atoms with Crippen LogP contribution in [0.15, 0.2) is 0 Å². The number of hydrogen-bond acceptors (Lipinski definition) is 1. The van der Waals surface area contributed by atoms with Crippen LogP contribution in [0.3, 0.4) is 0 Å². The third kappa shape index (κ3) is 8.85. The third-order valence-electron chi connectivity index (χ3n) is 0. The van der Waals surface area contributed by atoms with E-state index in [9.17, 15) is 0 Å². The van der Waals surface area contributed by atoms with Gasteiger partial charge in [-0.1, -0.05) is 0 Å². The first-order valence-corrected chi connectivity index (χ1v) is 1.70. The van der Waals surface area contributed by atoms with E-state index in [2.05, 4.69) is 0 Å². The molecule has 0 aliphatic rings. The molecule has 0 aromatic carbocycles. The van der Waals surface area contributed by atoms with Crippen LogP contribution in [0.2, 0.25) is 0 Å². The van der Waals surface area contributed by atoms with Crippen LogP contribution < -0.4 is 0 Å². The van der Waals surface area contributed by atoms with Crippen molar-refractivity contribution in [2.75, 3.05) is 0 Å². The zero-order valence-electron chi connectivity index (χ0n) is 1.76. The SMILES string of the molecule is [O]=[Np].[Pu].[U]. The van der Waals surface area contributed by atoms with Crippen LogP contribution in [0, 0.1) is 88.6 Å². The summed E-state index contributed by atoms with van der Waals surface area (Å²) in [4.78, 5) is 0. The minimum atomic E-state index is 0. The molecule has 0 heterocycles. The standard InChI is InChI=1S/Np.O.Pu.U. The Labute approximate surface area is 88.8 Å². The van der Waals surface area contributed by atoms with Crippen LogP contribution in [0.25, 0.3) is 0 Å². The van der Waals surface area contributed by atoms with Crippen LogP contribution in [0.1, 0.15) is 0 Å². The largest absolute Gasteiger partial charge is 0 e. The van der Waals surface area contributed by atoms with Gasteiger partial charge in [-0.15, -0.1) is 0 Å². The minimum Gasteiger partial charge on any atom is 0 e. The molecular formula is NpOPuU. The Morgan fingerprint density at radius 3 is 1.25 bits per heavy atom. The van der Waals surface area contributed by atoms with Gasteiger partial charge in [-0.3, -0.25) is 0 Å². The van der Waals surface area contributed by atoms with Gasteiger partial charge in [0.15, 0.2) is 0 Å². The van der Waals surface area contributed by atoms with Crippen molar-refractivity contribution >= 4 is 0 Å². The van der Waals surface area contributed by atoms with Gasteiger partial charge in [-0.25, -0.2) is 0 Å². The maximum atomic E-state index is 8.40. The van der Waals surface area contributed by atoms with Gasteiger partial charge < -0.3 is 0 Å². The molecule has 0 aliphatic heterocycles. The average Bonchev–Trinajstić information content (AvgIpc) is 1.00. The summed E-state index contributed by atoms with van der Waals surface area (Å²) < 4.78 is 8.40. The van der Waals surface area contributed by atoms with E-state index in [1.54, 1.807) is 0 Å². The summed E-state index contributed by atoms with van der Waals surface area (Å²) in [5.74, 6) is 0. The fourth-order valence-corrected chi connectivity index (χ4v) is 0. The first kappa shape index (κ1) is 15.8. The molecule has 0 spiro atoms. The summed E-state index contributed by atoms with van der Waals surface area (Å²) in [6.45, 7) is 0. The van der Waals surface area contributed by atoms with Crippen molar-refractivity contribution in [3.63, 3.8) is 0 Å². The summed E-state index contributed by atoms with van der Waals surface area (Å²) >= 11 is 0.0102. The van der Waals surface area contributed by atoms with Crippen molar-refractivity contribution in [2.45, 2.75) is 0 Å². The topological polar surface area (TPSA) is 17.1 Å². The second-order valence-electron chi connectivity index (χ2n) is 0.